The molecule has 0 aromatic carbocycles. The van der Waals surface area contributed by atoms with E-state index in [9.17, 15) is 4.57 Å². The van der Waals surface area contributed by atoms with Gasteiger partial charge in [0.1, 0.15) is 0 Å². The third kappa shape index (κ3) is 6.57. The maximum Gasteiger partial charge on any atom is 0.251 e. The minimum Gasteiger partial charge on any atom is -0.340 e. The summed E-state index contributed by atoms with van der Waals surface area (Å²) in [7, 11) is -0.0488. The lowest BCUT2D eigenvalue weighted by molar-refractivity contribution is -0.180. The average molecular weight is 248 g/mol. The van der Waals surface area contributed by atoms with Crippen molar-refractivity contribution in [3.05, 3.63) is 0 Å². The van der Waals surface area contributed by atoms with Crippen LogP contribution in [0.1, 0.15) is 59.3 Å². The minimum absolute atomic E-state index is 0.0488. The molecule has 0 heterocycles. The molecule has 0 atom stereocenters. The van der Waals surface area contributed by atoms with Crippen LogP contribution >= 0.6 is 8.46 Å². The Bertz CT molecular complexity index is 164. The maximum absolute atomic E-state index is 11.3. The second kappa shape index (κ2) is 10.2. The number of ether oxygens (including phenoxy) is 2. The van der Waals surface area contributed by atoms with Gasteiger partial charge in [-0.1, -0.05) is 40.0 Å². The highest BCUT2D eigenvalue weighted by Gasteiger charge is 2.32. The highest BCUT2D eigenvalue weighted by atomic mass is 31.1. The first-order chi connectivity index (χ1) is 7.74. The van der Waals surface area contributed by atoms with Gasteiger partial charge in [0.15, 0.2) is 0 Å². The van der Waals surface area contributed by atoms with Crippen LogP contribution in [0.15, 0.2) is 0 Å². The maximum atomic E-state index is 11.3. The molecule has 0 fully saturated rings. The molecule has 0 radical (unpaired) electrons. The van der Waals surface area contributed by atoms with Gasteiger partial charge in [-0.15, -0.1) is 0 Å². The van der Waals surface area contributed by atoms with Crippen LogP contribution < -0.4 is 0 Å². The van der Waals surface area contributed by atoms with Crippen LogP contribution in [-0.2, 0) is 14.0 Å². The van der Waals surface area contributed by atoms with Gasteiger partial charge < -0.3 is 9.47 Å². The summed E-state index contributed by atoms with van der Waals surface area (Å²) in [6.45, 7) is 7.51. The molecule has 4 heteroatoms. The second-order valence-electron chi connectivity index (χ2n) is 3.96. The number of hydrogen-bond donors (Lipinski definition) is 0. The van der Waals surface area contributed by atoms with E-state index in [1.807, 2.05) is 6.92 Å². The van der Waals surface area contributed by atoms with Gasteiger partial charge >= 0.3 is 0 Å². The molecule has 0 saturated heterocycles. The van der Waals surface area contributed by atoms with Crippen LogP contribution in [0.25, 0.3) is 0 Å². The van der Waals surface area contributed by atoms with E-state index in [-0.39, 0.29) is 8.46 Å². The molecule has 0 bridgehead atoms. The fourth-order valence-electron chi connectivity index (χ4n) is 1.35. The molecule has 0 aromatic rings. The Kier molecular flexibility index (Phi) is 10.2. The van der Waals surface area contributed by atoms with Crippen LogP contribution in [0, 0.1) is 0 Å². The fourth-order valence-corrected chi connectivity index (χ4v) is 1.96. The Labute approximate surface area is 101 Å². The quantitative estimate of drug-likeness (QED) is 0.309. The number of unbranched alkanes of at least 4 members (excludes halogenated alkanes) is 2. The van der Waals surface area contributed by atoms with E-state index in [1.54, 1.807) is 0 Å². The van der Waals surface area contributed by atoms with Crippen molar-refractivity contribution >= 4 is 8.46 Å². The van der Waals surface area contributed by atoms with E-state index in [0.29, 0.717) is 19.6 Å². The zero-order valence-corrected chi connectivity index (χ0v) is 11.7. The van der Waals surface area contributed by atoms with Crippen molar-refractivity contribution in [2.75, 3.05) is 13.2 Å². The molecule has 0 amide bonds. The second-order valence-corrected chi connectivity index (χ2v) is 4.82. The molecule has 0 saturated carbocycles. The van der Waals surface area contributed by atoms with Gasteiger partial charge in [-0.25, -0.2) is 0 Å². The minimum atomic E-state index is -0.890. The predicted molar refractivity (Wildman–Crippen MR) is 67.0 cm³/mol. The lowest BCUT2D eigenvalue weighted by Crippen LogP contribution is -2.30. The Morgan fingerprint density at radius 2 is 1.44 bits per heavy atom. The highest BCUT2D eigenvalue weighted by molar-refractivity contribution is 7.25. The van der Waals surface area contributed by atoms with E-state index in [2.05, 4.69) is 13.8 Å². The van der Waals surface area contributed by atoms with E-state index < -0.39 is 5.53 Å². The van der Waals surface area contributed by atoms with Crippen molar-refractivity contribution in [1.29, 1.82) is 0 Å². The number of rotatable bonds is 11. The summed E-state index contributed by atoms with van der Waals surface area (Å²) in [6, 6.07) is 0. The van der Waals surface area contributed by atoms with Crippen molar-refractivity contribution in [3.63, 3.8) is 0 Å². The van der Waals surface area contributed by atoms with E-state index in [1.165, 1.54) is 0 Å². The van der Waals surface area contributed by atoms with Gasteiger partial charge in [0.05, 0.1) is 13.2 Å². The molecule has 0 rings (SSSR count). The van der Waals surface area contributed by atoms with Crippen molar-refractivity contribution in [2.45, 2.75) is 64.8 Å². The lowest BCUT2D eigenvalue weighted by atomic mass is 10.3. The zero-order chi connectivity index (χ0) is 12.3. The van der Waals surface area contributed by atoms with E-state index >= 15 is 0 Å². The van der Waals surface area contributed by atoms with Gasteiger partial charge in [-0.05, 0) is 12.8 Å². The Hall–Kier alpha value is 0.0200. The summed E-state index contributed by atoms with van der Waals surface area (Å²) in [4.78, 5) is 0. The third-order valence-electron chi connectivity index (χ3n) is 2.36. The molecular weight excluding hydrogens is 223 g/mol. The zero-order valence-electron chi connectivity index (χ0n) is 10.8. The topological polar surface area (TPSA) is 35.5 Å². The summed E-state index contributed by atoms with van der Waals surface area (Å²) in [5, 5.41) is 0. The summed E-state index contributed by atoms with van der Waals surface area (Å²) in [6.07, 6.45) is 5.72. The SMILES string of the molecule is CCCCOC(CCC)(OCCCC)P=O. The Morgan fingerprint density at radius 3 is 1.75 bits per heavy atom. The van der Waals surface area contributed by atoms with Crippen LogP contribution in [0.5, 0.6) is 0 Å². The van der Waals surface area contributed by atoms with Crippen molar-refractivity contribution in [1.82, 2.24) is 0 Å². The summed E-state index contributed by atoms with van der Waals surface area (Å²) in [5.74, 6) is 0. The molecule has 0 aliphatic carbocycles. The molecule has 0 aliphatic rings. The van der Waals surface area contributed by atoms with Crippen LogP contribution in [0.2, 0.25) is 0 Å². The first-order valence-electron chi connectivity index (χ1n) is 6.37. The van der Waals surface area contributed by atoms with Crippen LogP contribution in [-0.4, -0.2) is 18.7 Å². The summed E-state index contributed by atoms with van der Waals surface area (Å²) >= 11 is 0. The largest absolute Gasteiger partial charge is 0.340 e. The molecule has 0 aromatic heterocycles. The molecule has 0 spiro atoms. The predicted octanol–water partition coefficient (Wildman–Crippen LogP) is 4.37. The molecule has 0 N–H and O–H groups in total. The van der Waals surface area contributed by atoms with Crippen molar-refractivity contribution in [2.24, 2.45) is 0 Å². The average Bonchev–Trinajstić information content (AvgIpc) is 2.29. The smallest absolute Gasteiger partial charge is 0.251 e. The van der Waals surface area contributed by atoms with Gasteiger partial charge in [-0.2, -0.15) is 0 Å². The van der Waals surface area contributed by atoms with Gasteiger partial charge in [-0.3, -0.25) is 4.57 Å². The molecule has 3 nitrogen and oxygen atoms in total. The fraction of sp³-hybridized carbons (Fsp3) is 1.00. The van der Waals surface area contributed by atoms with E-state index in [0.717, 1.165) is 32.1 Å². The van der Waals surface area contributed by atoms with E-state index in [4.69, 9.17) is 9.47 Å². The van der Waals surface area contributed by atoms with Crippen molar-refractivity contribution in [3.8, 4) is 0 Å². The number of hydrogen-bond acceptors (Lipinski definition) is 3. The molecule has 0 aliphatic heterocycles. The van der Waals surface area contributed by atoms with Gasteiger partial charge in [0, 0.05) is 6.42 Å². The Morgan fingerprint density at radius 1 is 0.938 bits per heavy atom. The first kappa shape index (κ1) is 16.0. The lowest BCUT2D eigenvalue weighted by Gasteiger charge is -2.27. The molecular formula is C12H25O3P. The molecule has 0 unspecified atom stereocenters. The standard InChI is InChI=1S/C12H25O3P/c1-4-7-10-14-12(16-13,9-6-3)15-11-8-5-2/h4-11H2,1-3H3. The van der Waals surface area contributed by atoms with Gasteiger partial charge in [0.25, 0.3) is 5.53 Å². The normalized spacial score (nSPS) is 12.2. The summed E-state index contributed by atoms with van der Waals surface area (Å²) < 4.78 is 22.6. The molecule has 96 valence electrons. The van der Waals surface area contributed by atoms with Crippen LogP contribution in [0.3, 0.4) is 0 Å². The highest BCUT2D eigenvalue weighted by Crippen LogP contribution is 2.32. The molecule has 16 heavy (non-hydrogen) atoms. The third-order valence-corrected chi connectivity index (χ3v) is 3.12. The summed E-state index contributed by atoms with van der Waals surface area (Å²) in [5.41, 5.74) is -0.890. The van der Waals surface area contributed by atoms with Gasteiger partial charge in [0.2, 0.25) is 8.46 Å². The first-order valence-corrected chi connectivity index (χ1v) is 7.18. The monoisotopic (exact) mass is 248 g/mol. The van der Waals surface area contributed by atoms with Crippen molar-refractivity contribution < 1.29 is 14.0 Å². The Balaban J connectivity index is 4.14. The van der Waals surface area contributed by atoms with Crippen LogP contribution in [0.4, 0.5) is 0 Å².